The molecule has 1 aliphatic rings. The Kier molecular flexibility index (Phi) is 7.00. The van der Waals surface area contributed by atoms with Crippen LogP contribution in [0.1, 0.15) is 54.0 Å². The number of rotatable bonds is 6. The zero-order chi connectivity index (χ0) is 25.0. The Hall–Kier alpha value is -4.21. The third kappa shape index (κ3) is 5.97. The van der Waals surface area contributed by atoms with Crippen LogP contribution in [0.25, 0.3) is 0 Å². The van der Waals surface area contributed by atoms with E-state index in [0.717, 1.165) is 0 Å². The first-order valence-corrected chi connectivity index (χ1v) is 10.4. The molecule has 3 amide bonds. The van der Waals surface area contributed by atoms with Crippen LogP contribution in [0.15, 0.2) is 48.5 Å². The summed E-state index contributed by atoms with van der Waals surface area (Å²) in [6.07, 6.45) is -0.935. The van der Waals surface area contributed by atoms with Crippen LogP contribution in [0.5, 0.6) is 5.75 Å². The average molecular weight is 468 g/mol. The number of esters is 1. The van der Waals surface area contributed by atoms with Crippen molar-refractivity contribution in [3.8, 4) is 5.75 Å². The molecule has 10 heteroatoms. The molecule has 0 fully saturated rings. The molecular weight excluding hydrogens is 444 g/mol. The summed E-state index contributed by atoms with van der Waals surface area (Å²) in [5.74, 6) is -2.78. The van der Waals surface area contributed by atoms with Gasteiger partial charge in [-0.3, -0.25) is 14.4 Å². The summed E-state index contributed by atoms with van der Waals surface area (Å²) >= 11 is 0. The molecule has 0 spiro atoms. The molecule has 1 aliphatic heterocycles. The maximum atomic E-state index is 13.0. The van der Waals surface area contributed by atoms with Crippen molar-refractivity contribution in [3.05, 3.63) is 65.2 Å². The molecule has 0 saturated carbocycles. The lowest BCUT2D eigenvalue weighted by atomic mass is 10.1. The van der Waals surface area contributed by atoms with Crippen LogP contribution in [-0.2, 0) is 25.6 Å². The molecule has 0 saturated heterocycles. The minimum atomic E-state index is -1.29. The van der Waals surface area contributed by atoms with E-state index in [9.17, 15) is 24.0 Å². The second-order valence-electron chi connectivity index (χ2n) is 8.50. The summed E-state index contributed by atoms with van der Waals surface area (Å²) in [5.41, 5.74) is -0.0282. The maximum absolute atomic E-state index is 13.0. The molecule has 3 rings (SSSR count). The van der Waals surface area contributed by atoms with Gasteiger partial charge in [0.15, 0.2) is 0 Å². The van der Waals surface area contributed by atoms with Crippen molar-refractivity contribution in [2.75, 3.05) is 0 Å². The maximum Gasteiger partial charge on any atom is 0.408 e. The molecule has 0 radical (unpaired) electrons. The lowest BCUT2D eigenvalue weighted by Crippen LogP contribution is -2.48. The Morgan fingerprint density at radius 2 is 1.50 bits per heavy atom. The third-order valence-electron chi connectivity index (χ3n) is 4.54. The van der Waals surface area contributed by atoms with E-state index in [4.69, 9.17) is 14.3 Å². The average Bonchev–Trinajstić information content (AvgIpc) is 2.98. The number of hydroxylamine groups is 2. The summed E-state index contributed by atoms with van der Waals surface area (Å²) in [7, 11) is 0. The molecule has 1 atom stereocenters. The summed E-state index contributed by atoms with van der Waals surface area (Å²) in [5, 5.41) is 2.80. The number of hydrogen-bond acceptors (Lipinski definition) is 8. The third-order valence-corrected chi connectivity index (χ3v) is 4.54. The zero-order valence-corrected chi connectivity index (χ0v) is 19.1. The molecular formula is C24H24N2O8. The van der Waals surface area contributed by atoms with Crippen molar-refractivity contribution in [2.45, 2.75) is 45.8 Å². The van der Waals surface area contributed by atoms with Crippen molar-refractivity contribution in [1.29, 1.82) is 0 Å². The summed E-state index contributed by atoms with van der Waals surface area (Å²) in [4.78, 5) is 66.6. The van der Waals surface area contributed by atoms with E-state index in [0.29, 0.717) is 16.4 Å². The van der Waals surface area contributed by atoms with Gasteiger partial charge < -0.3 is 19.6 Å². The number of carbonyl (C=O) groups excluding carboxylic acids is 5. The summed E-state index contributed by atoms with van der Waals surface area (Å²) < 4.78 is 10.2. The molecule has 178 valence electrons. The first-order chi connectivity index (χ1) is 15.9. The molecule has 0 unspecified atom stereocenters. The number of carbonyl (C=O) groups is 5. The number of benzene rings is 2. The molecule has 0 bridgehead atoms. The molecule has 0 aliphatic carbocycles. The smallest absolute Gasteiger partial charge is 0.408 e. The number of hydrogen-bond donors (Lipinski definition) is 1. The Morgan fingerprint density at radius 1 is 0.941 bits per heavy atom. The minimum absolute atomic E-state index is 0.0540. The van der Waals surface area contributed by atoms with Crippen LogP contribution < -0.4 is 10.1 Å². The van der Waals surface area contributed by atoms with Crippen LogP contribution >= 0.6 is 0 Å². The van der Waals surface area contributed by atoms with Crippen LogP contribution in [0, 0.1) is 0 Å². The highest BCUT2D eigenvalue weighted by molar-refractivity contribution is 6.20. The first kappa shape index (κ1) is 24.4. The summed E-state index contributed by atoms with van der Waals surface area (Å²) in [6, 6.07) is 11.0. The summed E-state index contributed by atoms with van der Waals surface area (Å²) in [6.45, 7) is 6.25. The van der Waals surface area contributed by atoms with Crippen LogP contribution in [0.2, 0.25) is 0 Å². The fourth-order valence-corrected chi connectivity index (χ4v) is 3.14. The SMILES string of the molecule is CC(=O)Oc1ccc(C[C@H](NC(=O)OC(C)(C)C)C(=O)ON2C(=O)c3ccccc3C2=O)cc1. The van der Waals surface area contributed by atoms with Gasteiger partial charge in [0, 0.05) is 13.3 Å². The van der Waals surface area contributed by atoms with Crippen molar-refractivity contribution < 1.29 is 38.3 Å². The topological polar surface area (TPSA) is 128 Å². The van der Waals surface area contributed by atoms with Gasteiger partial charge in [0.05, 0.1) is 11.1 Å². The van der Waals surface area contributed by atoms with Crippen LogP contribution in [0.4, 0.5) is 4.79 Å². The predicted octanol–water partition coefficient (Wildman–Crippen LogP) is 2.80. The van der Waals surface area contributed by atoms with Gasteiger partial charge >= 0.3 is 18.0 Å². The van der Waals surface area contributed by atoms with Crippen LogP contribution in [-0.4, -0.2) is 46.6 Å². The molecule has 2 aromatic carbocycles. The lowest BCUT2D eigenvalue weighted by Gasteiger charge is -2.23. The highest BCUT2D eigenvalue weighted by atomic mass is 16.7. The number of amides is 3. The van der Waals surface area contributed by atoms with Crippen molar-refractivity contribution in [3.63, 3.8) is 0 Å². The van der Waals surface area contributed by atoms with Gasteiger partial charge in [-0.1, -0.05) is 29.3 Å². The van der Waals surface area contributed by atoms with E-state index < -0.39 is 41.5 Å². The van der Waals surface area contributed by atoms with E-state index >= 15 is 0 Å². The Bertz CT molecular complexity index is 1100. The molecule has 10 nitrogen and oxygen atoms in total. The van der Waals surface area contributed by atoms with Gasteiger partial charge in [0.1, 0.15) is 17.4 Å². The van der Waals surface area contributed by atoms with Crippen molar-refractivity contribution >= 4 is 29.8 Å². The van der Waals surface area contributed by atoms with E-state index in [-0.39, 0.29) is 17.5 Å². The minimum Gasteiger partial charge on any atom is -0.444 e. The van der Waals surface area contributed by atoms with E-state index in [1.54, 1.807) is 45.0 Å². The largest absolute Gasteiger partial charge is 0.444 e. The number of nitrogens with one attached hydrogen (secondary N) is 1. The fraction of sp³-hybridized carbons (Fsp3) is 0.292. The zero-order valence-electron chi connectivity index (χ0n) is 19.1. The van der Waals surface area contributed by atoms with E-state index in [2.05, 4.69) is 5.32 Å². The Balaban J connectivity index is 1.78. The predicted molar refractivity (Wildman–Crippen MR) is 118 cm³/mol. The molecule has 0 aromatic heterocycles. The van der Waals surface area contributed by atoms with Gasteiger partial charge in [-0.15, -0.1) is 0 Å². The quantitative estimate of drug-likeness (QED) is 0.389. The van der Waals surface area contributed by atoms with Gasteiger partial charge in [0.25, 0.3) is 11.8 Å². The van der Waals surface area contributed by atoms with Crippen molar-refractivity contribution in [1.82, 2.24) is 10.4 Å². The number of nitrogens with zero attached hydrogens (tertiary/aromatic N) is 1. The monoisotopic (exact) mass is 468 g/mol. The van der Waals surface area contributed by atoms with Crippen molar-refractivity contribution in [2.24, 2.45) is 0 Å². The second kappa shape index (κ2) is 9.74. The number of imide groups is 1. The van der Waals surface area contributed by atoms with Crippen LogP contribution in [0.3, 0.4) is 0 Å². The highest BCUT2D eigenvalue weighted by Crippen LogP contribution is 2.23. The fourth-order valence-electron chi connectivity index (χ4n) is 3.14. The second-order valence-corrected chi connectivity index (χ2v) is 8.50. The standard InChI is InChI=1S/C24H24N2O8/c1-14(27)32-16-11-9-15(10-12-16)13-19(25-23(31)33-24(2,3)4)22(30)34-26-20(28)17-7-5-6-8-18(17)21(26)29/h5-12,19H,13H2,1-4H3,(H,25,31)/t19-/m0/s1. The van der Waals surface area contributed by atoms with Gasteiger partial charge in [-0.2, -0.15) is 0 Å². The lowest BCUT2D eigenvalue weighted by molar-refractivity contribution is -0.171. The molecule has 34 heavy (non-hydrogen) atoms. The van der Waals surface area contributed by atoms with Gasteiger partial charge in [0.2, 0.25) is 0 Å². The van der Waals surface area contributed by atoms with E-state index in [1.165, 1.54) is 31.2 Å². The Morgan fingerprint density at radius 3 is 2.00 bits per heavy atom. The van der Waals surface area contributed by atoms with E-state index in [1.807, 2.05) is 0 Å². The number of alkyl carbamates (subject to hydrolysis) is 1. The number of fused-ring (bicyclic) bond motifs is 1. The molecule has 1 heterocycles. The molecule has 1 N–H and O–H groups in total. The first-order valence-electron chi connectivity index (χ1n) is 10.4. The Labute approximate surface area is 195 Å². The van der Waals surface area contributed by atoms with Gasteiger partial charge in [-0.25, -0.2) is 9.59 Å². The van der Waals surface area contributed by atoms with Gasteiger partial charge in [-0.05, 0) is 50.6 Å². The number of ether oxygens (including phenoxy) is 2. The normalized spacial score (nSPS) is 13.7. The molecule has 2 aromatic rings. The highest BCUT2D eigenvalue weighted by Gasteiger charge is 2.40.